The summed E-state index contributed by atoms with van der Waals surface area (Å²) < 4.78 is 60.9. The first-order chi connectivity index (χ1) is 18.1. The topological polar surface area (TPSA) is 65.1 Å². The minimum Gasteiger partial charge on any atom is -0.498 e. The Morgan fingerprint density at radius 2 is 1.95 bits per heavy atom. The predicted octanol–water partition coefficient (Wildman–Crippen LogP) is 6.68. The van der Waals surface area contributed by atoms with Crippen LogP contribution in [0.3, 0.4) is 0 Å². The van der Waals surface area contributed by atoms with Crippen molar-refractivity contribution in [3.05, 3.63) is 94.5 Å². The average molecular weight is 560 g/mol. The second kappa shape index (κ2) is 11.3. The van der Waals surface area contributed by atoms with Crippen LogP contribution in [0.1, 0.15) is 30.5 Å². The molecule has 1 heterocycles. The van der Waals surface area contributed by atoms with Crippen molar-refractivity contribution in [2.24, 2.45) is 5.92 Å². The molecule has 1 aliphatic heterocycles. The molecule has 2 atom stereocenters. The van der Waals surface area contributed by atoms with Gasteiger partial charge in [-0.25, -0.2) is 12.8 Å². The van der Waals surface area contributed by atoms with Gasteiger partial charge in [0.1, 0.15) is 23.9 Å². The summed E-state index contributed by atoms with van der Waals surface area (Å²) in [7, 11) is -2.53. The normalized spacial score (nSPS) is 17.1. The Morgan fingerprint density at radius 1 is 1.18 bits per heavy atom. The Hall–Kier alpha value is -3.23. The number of methoxy groups -OCH3 is 1. The summed E-state index contributed by atoms with van der Waals surface area (Å²) in [6, 6.07) is 14.0. The van der Waals surface area contributed by atoms with Crippen LogP contribution in [0.2, 0.25) is 5.02 Å². The van der Waals surface area contributed by atoms with Crippen LogP contribution in [0.4, 0.5) is 10.1 Å². The lowest BCUT2D eigenvalue weighted by Crippen LogP contribution is -2.47. The number of aryl methyl sites for hydroxylation is 1. The maximum absolute atomic E-state index is 14.3. The van der Waals surface area contributed by atoms with Gasteiger partial charge in [0.2, 0.25) is 0 Å². The summed E-state index contributed by atoms with van der Waals surface area (Å²) in [4.78, 5) is 0.102. The highest BCUT2D eigenvalue weighted by Crippen LogP contribution is 2.42. The second-order valence-electron chi connectivity index (χ2n) is 9.16. The van der Waals surface area contributed by atoms with Crippen LogP contribution < -0.4 is 13.8 Å². The zero-order chi connectivity index (χ0) is 27.6. The number of ether oxygens (including phenoxy) is 3. The molecule has 3 aromatic rings. The van der Waals surface area contributed by atoms with Crippen LogP contribution in [0, 0.1) is 18.7 Å². The Morgan fingerprint density at radius 3 is 2.63 bits per heavy atom. The number of fused-ring (bicyclic) bond motifs is 1. The number of nitrogens with zero attached hydrogens (tertiary/aromatic N) is 1. The van der Waals surface area contributed by atoms with Crippen molar-refractivity contribution in [1.29, 1.82) is 0 Å². The molecule has 0 saturated heterocycles. The van der Waals surface area contributed by atoms with Crippen LogP contribution in [-0.2, 0) is 27.8 Å². The van der Waals surface area contributed by atoms with Crippen LogP contribution in [-0.4, -0.2) is 28.2 Å². The van der Waals surface area contributed by atoms with E-state index in [9.17, 15) is 12.8 Å². The molecule has 0 spiro atoms. The van der Waals surface area contributed by atoms with Gasteiger partial charge >= 0.3 is 0 Å². The third-order valence-electron chi connectivity index (χ3n) is 6.81. The van der Waals surface area contributed by atoms with E-state index in [4.69, 9.17) is 25.8 Å². The van der Waals surface area contributed by atoms with Gasteiger partial charge in [-0.15, -0.1) is 0 Å². The Bertz CT molecular complexity index is 1440. The lowest BCUT2D eigenvalue weighted by molar-refractivity contribution is 0.181. The summed E-state index contributed by atoms with van der Waals surface area (Å²) in [5, 5.41) is 0.256. The zero-order valence-corrected chi connectivity index (χ0v) is 23.4. The molecule has 2 unspecified atom stereocenters. The first-order valence-corrected chi connectivity index (χ1v) is 14.1. The van der Waals surface area contributed by atoms with Crippen molar-refractivity contribution in [2.75, 3.05) is 18.0 Å². The molecule has 1 aliphatic rings. The number of hydrogen-bond donors (Lipinski definition) is 0. The van der Waals surface area contributed by atoms with Crippen molar-refractivity contribution >= 4 is 27.3 Å². The molecule has 4 rings (SSSR count). The number of anilines is 1. The van der Waals surface area contributed by atoms with E-state index >= 15 is 0 Å². The fourth-order valence-corrected chi connectivity index (χ4v) is 6.68. The SMILES string of the molecule is C=C(OCC)C1Cc2ccc(OCc3c(F)cccc3Cl)cc2N(S(=O)(=O)c2ccc(C)c(OC)c2)C1C. The number of halogens is 2. The second-order valence-corrected chi connectivity index (χ2v) is 11.4. The number of sulfonamides is 1. The minimum atomic E-state index is -4.03. The van der Waals surface area contributed by atoms with E-state index in [0.717, 1.165) is 11.1 Å². The van der Waals surface area contributed by atoms with Gasteiger partial charge in [0.15, 0.2) is 0 Å². The average Bonchev–Trinajstić information content (AvgIpc) is 2.88. The molecule has 0 fully saturated rings. The van der Waals surface area contributed by atoms with E-state index in [0.29, 0.717) is 36.0 Å². The molecule has 0 aromatic heterocycles. The minimum absolute atomic E-state index is 0.102. The Kier molecular flexibility index (Phi) is 8.23. The van der Waals surface area contributed by atoms with Crippen LogP contribution in [0.25, 0.3) is 0 Å². The van der Waals surface area contributed by atoms with E-state index in [-0.39, 0.29) is 28.0 Å². The fourth-order valence-electron chi connectivity index (χ4n) is 4.73. The Balaban J connectivity index is 1.78. The molecule has 38 heavy (non-hydrogen) atoms. The van der Waals surface area contributed by atoms with Gasteiger partial charge in [-0.05, 0) is 62.6 Å². The highest BCUT2D eigenvalue weighted by atomic mass is 35.5. The summed E-state index contributed by atoms with van der Waals surface area (Å²) >= 11 is 6.15. The summed E-state index contributed by atoms with van der Waals surface area (Å²) in [5.41, 5.74) is 2.33. The van der Waals surface area contributed by atoms with Gasteiger partial charge in [0.25, 0.3) is 10.0 Å². The largest absolute Gasteiger partial charge is 0.498 e. The van der Waals surface area contributed by atoms with Crippen LogP contribution >= 0.6 is 11.6 Å². The molecule has 0 radical (unpaired) electrons. The summed E-state index contributed by atoms with van der Waals surface area (Å²) in [6.07, 6.45) is 0.540. The predicted molar refractivity (Wildman–Crippen MR) is 147 cm³/mol. The molecular weight excluding hydrogens is 529 g/mol. The third-order valence-corrected chi connectivity index (χ3v) is 9.06. The lowest BCUT2D eigenvalue weighted by Gasteiger charge is -2.41. The molecule has 0 bridgehead atoms. The maximum Gasteiger partial charge on any atom is 0.264 e. The van der Waals surface area contributed by atoms with Crippen molar-refractivity contribution in [1.82, 2.24) is 0 Å². The van der Waals surface area contributed by atoms with Gasteiger partial charge in [0, 0.05) is 23.6 Å². The molecule has 0 amide bonds. The smallest absolute Gasteiger partial charge is 0.264 e. The van der Waals surface area contributed by atoms with E-state index in [2.05, 4.69) is 6.58 Å². The van der Waals surface area contributed by atoms with E-state index in [1.807, 2.05) is 26.8 Å². The number of rotatable bonds is 9. The molecule has 6 nitrogen and oxygen atoms in total. The van der Waals surface area contributed by atoms with Crippen molar-refractivity contribution in [3.63, 3.8) is 0 Å². The maximum atomic E-state index is 14.3. The third kappa shape index (κ3) is 5.33. The lowest BCUT2D eigenvalue weighted by atomic mass is 9.87. The quantitative estimate of drug-likeness (QED) is 0.274. The van der Waals surface area contributed by atoms with Crippen molar-refractivity contribution < 1.29 is 27.0 Å². The number of hydrogen-bond acceptors (Lipinski definition) is 5. The molecule has 202 valence electrons. The van der Waals surface area contributed by atoms with Crippen molar-refractivity contribution in [3.8, 4) is 11.5 Å². The fraction of sp³-hybridized carbons (Fsp3) is 0.310. The first-order valence-electron chi connectivity index (χ1n) is 12.3. The first kappa shape index (κ1) is 27.8. The monoisotopic (exact) mass is 559 g/mol. The molecule has 0 saturated carbocycles. The summed E-state index contributed by atoms with van der Waals surface area (Å²) in [5.74, 6) is 0.651. The molecule has 3 aromatic carbocycles. The van der Waals surface area contributed by atoms with E-state index < -0.39 is 21.9 Å². The standard InChI is InChI=1S/C29H31ClFNO5S/c1-6-36-20(4)24-14-21-11-12-22(37-17-25-26(30)8-7-9-27(25)31)15-28(21)32(19(24)3)38(33,34)23-13-10-18(2)29(16-23)35-5/h7-13,15-16,19,24H,4,6,14,17H2,1-3,5H3. The van der Waals surface area contributed by atoms with Crippen molar-refractivity contribution in [2.45, 2.75) is 44.7 Å². The molecule has 9 heteroatoms. The van der Waals surface area contributed by atoms with Crippen LogP contribution in [0.5, 0.6) is 11.5 Å². The molecule has 0 N–H and O–H groups in total. The van der Waals surface area contributed by atoms with E-state index in [1.54, 1.807) is 30.3 Å². The van der Waals surface area contributed by atoms with Crippen LogP contribution in [0.15, 0.2) is 71.8 Å². The molecular formula is C29H31ClFNO5S. The molecule has 0 aliphatic carbocycles. The van der Waals surface area contributed by atoms with Gasteiger partial charge in [-0.2, -0.15) is 0 Å². The van der Waals surface area contributed by atoms with Gasteiger partial charge in [-0.1, -0.05) is 36.4 Å². The van der Waals surface area contributed by atoms with E-state index in [1.165, 1.54) is 29.6 Å². The van der Waals surface area contributed by atoms with Gasteiger partial charge in [-0.3, -0.25) is 4.31 Å². The number of benzene rings is 3. The Labute approximate surface area is 228 Å². The summed E-state index contributed by atoms with van der Waals surface area (Å²) in [6.45, 7) is 9.96. The van der Waals surface area contributed by atoms with Gasteiger partial charge in [0.05, 0.1) is 41.1 Å². The van der Waals surface area contributed by atoms with Gasteiger partial charge < -0.3 is 14.2 Å². The zero-order valence-electron chi connectivity index (χ0n) is 21.8. The highest BCUT2D eigenvalue weighted by molar-refractivity contribution is 7.92. The highest BCUT2D eigenvalue weighted by Gasteiger charge is 2.41.